The van der Waals surface area contributed by atoms with Crippen LogP contribution in [0.4, 0.5) is 0 Å². The van der Waals surface area contributed by atoms with Gasteiger partial charge in [0.05, 0.1) is 35.9 Å². The third-order valence-corrected chi connectivity index (χ3v) is 7.20. The molecule has 2 fully saturated rings. The number of rotatable bonds is 7. The first kappa shape index (κ1) is 24.9. The molecular weight excluding hydrogens is 474 g/mol. The zero-order chi connectivity index (χ0) is 25.8. The van der Waals surface area contributed by atoms with Crippen LogP contribution in [0.25, 0.3) is 11.0 Å². The molecule has 3 N–H and O–H groups in total. The fourth-order valence-corrected chi connectivity index (χ4v) is 5.27. The van der Waals surface area contributed by atoms with E-state index in [1.54, 1.807) is 18.9 Å². The van der Waals surface area contributed by atoms with Gasteiger partial charge in [-0.2, -0.15) is 0 Å². The summed E-state index contributed by atoms with van der Waals surface area (Å²) in [6, 6.07) is 4.99. The highest BCUT2D eigenvalue weighted by Gasteiger charge is 2.32. The van der Waals surface area contributed by atoms with Crippen LogP contribution in [0, 0.1) is 0 Å². The summed E-state index contributed by atoms with van der Waals surface area (Å²) >= 11 is 0. The van der Waals surface area contributed by atoms with E-state index in [1.165, 1.54) is 6.92 Å². The van der Waals surface area contributed by atoms with Crippen molar-refractivity contribution in [1.29, 1.82) is 0 Å². The van der Waals surface area contributed by atoms with Gasteiger partial charge in [-0.15, -0.1) is 0 Å². The predicted octanol–water partition coefficient (Wildman–Crippen LogP) is 1.65. The van der Waals surface area contributed by atoms with Crippen LogP contribution in [0.15, 0.2) is 37.1 Å². The zero-order valence-electron chi connectivity index (χ0n) is 21.0. The summed E-state index contributed by atoms with van der Waals surface area (Å²) in [6.45, 7) is 3.89. The minimum Gasteiger partial charge on any atom is -0.375 e. The number of piperidine rings is 2. The van der Waals surface area contributed by atoms with Crippen LogP contribution in [0.5, 0.6) is 0 Å². The van der Waals surface area contributed by atoms with Crippen molar-refractivity contribution in [2.75, 3.05) is 26.2 Å². The first-order chi connectivity index (χ1) is 18.0. The molecule has 0 aliphatic carbocycles. The van der Waals surface area contributed by atoms with Crippen molar-refractivity contribution in [3.8, 4) is 0 Å². The average Bonchev–Trinajstić information content (AvgIpc) is 3.60. The smallest absolute Gasteiger partial charge is 0.256 e. The third-order valence-electron chi connectivity index (χ3n) is 7.20. The number of imidazole rings is 2. The molecule has 11 heteroatoms. The monoisotopic (exact) mass is 507 g/mol. The standard InChI is InChI=1S/C26H33N7O4/c1-17(34)31-23(13-18-14-27-15-28-18)26(36)33-11-7-20(8-12-33)37-19-5-9-32(10-6-19)25(35)21-3-2-4-22-24(21)30-16-29-22/h2-4,14-16,19-20,23H,5-13H2,1H3,(H,27,28)(H,29,30)(H,31,34)/t23-/m1/s1. The molecule has 0 unspecified atom stereocenters. The number of likely N-dealkylation sites (tertiary alicyclic amines) is 2. The van der Waals surface area contributed by atoms with Gasteiger partial charge in [-0.05, 0) is 37.8 Å². The summed E-state index contributed by atoms with van der Waals surface area (Å²) in [5.41, 5.74) is 2.99. The number of nitrogens with one attached hydrogen (secondary N) is 3. The maximum atomic E-state index is 13.1. The van der Waals surface area contributed by atoms with Crippen LogP contribution >= 0.6 is 0 Å². The van der Waals surface area contributed by atoms with Gasteiger partial charge in [0.1, 0.15) is 11.6 Å². The van der Waals surface area contributed by atoms with Crippen LogP contribution in [-0.4, -0.2) is 91.9 Å². The Balaban J connectivity index is 1.09. The van der Waals surface area contributed by atoms with Crippen molar-refractivity contribution < 1.29 is 19.1 Å². The average molecular weight is 508 g/mol. The second kappa shape index (κ2) is 11.1. The lowest BCUT2D eigenvalue weighted by Crippen LogP contribution is -2.52. The highest BCUT2D eigenvalue weighted by Crippen LogP contribution is 2.24. The summed E-state index contributed by atoms with van der Waals surface area (Å²) in [5.74, 6) is -0.309. The Bertz CT molecular complexity index is 1220. The van der Waals surface area contributed by atoms with Gasteiger partial charge in [-0.1, -0.05) is 6.07 Å². The normalized spacial score (nSPS) is 18.2. The number of hydrogen-bond donors (Lipinski definition) is 3. The number of para-hydroxylation sites is 1. The van der Waals surface area contributed by atoms with Gasteiger partial charge in [0.25, 0.3) is 5.91 Å². The molecule has 1 aromatic carbocycles. The largest absolute Gasteiger partial charge is 0.375 e. The maximum Gasteiger partial charge on any atom is 0.256 e. The molecule has 0 spiro atoms. The molecule has 2 saturated heterocycles. The van der Waals surface area contributed by atoms with Crippen LogP contribution in [0.1, 0.15) is 48.7 Å². The number of carbonyl (C=O) groups excluding carboxylic acids is 3. The summed E-state index contributed by atoms with van der Waals surface area (Å²) < 4.78 is 6.39. The second-order valence-electron chi connectivity index (χ2n) is 9.79. The Morgan fingerprint density at radius 1 is 1.03 bits per heavy atom. The number of ether oxygens (including phenoxy) is 1. The number of fused-ring (bicyclic) bond motifs is 1. The lowest BCUT2D eigenvalue weighted by atomic mass is 10.0. The van der Waals surface area contributed by atoms with Crippen molar-refractivity contribution >= 4 is 28.8 Å². The second-order valence-corrected chi connectivity index (χ2v) is 9.79. The zero-order valence-corrected chi connectivity index (χ0v) is 21.0. The van der Waals surface area contributed by atoms with Gasteiger partial charge in [0, 0.05) is 51.4 Å². The minimum absolute atomic E-state index is 0.00632. The molecule has 4 heterocycles. The number of H-pyrrole nitrogens is 2. The molecular formula is C26H33N7O4. The van der Waals surface area contributed by atoms with E-state index in [0.29, 0.717) is 43.7 Å². The summed E-state index contributed by atoms with van der Waals surface area (Å²) in [5, 5.41) is 2.78. The molecule has 0 bridgehead atoms. The Labute approximate surface area is 215 Å². The summed E-state index contributed by atoms with van der Waals surface area (Å²) in [4.78, 5) is 55.9. The number of carbonyl (C=O) groups is 3. The fraction of sp³-hybridized carbons (Fsp3) is 0.500. The molecule has 0 radical (unpaired) electrons. The van der Waals surface area contributed by atoms with Crippen molar-refractivity contribution in [1.82, 2.24) is 35.1 Å². The molecule has 3 aromatic rings. The number of aromatic nitrogens is 4. The molecule has 2 aliphatic heterocycles. The SMILES string of the molecule is CC(=O)N[C@H](Cc1cnc[nH]1)C(=O)N1CCC(OC2CCN(C(=O)c3cccc4[nH]cnc34)CC2)CC1. The maximum absolute atomic E-state index is 13.1. The first-order valence-corrected chi connectivity index (χ1v) is 12.9. The van der Waals surface area contributed by atoms with Gasteiger partial charge in [0.15, 0.2) is 0 Å². The Kier molecular flexibility index (Phi) is 7.50. The Morgan fingerprint density at radius 3 is 2.38 bits per heavy atom. The highest BCUT2D eigenvalue weighted by atomic mass is 16.5. The Morgan fingerprint density at radius 2 is 1.73 bits per heavy atom. The minimum atomic E-state index is -0.621. The van der Waals surface area contributed by atoms with Gasteiger partial charge in [-0.25, -0.2) is 9.97 Å². The molecule has 2 aliphatic rings. The third kappa shape index (κ3) is 5.82. The Hall–Kier alpha value is -3.73. The number of amides is 3. The topological polar surface area (TPSA) is 136 Å². The lowest BCUT2D eigenvalue weighted by Gasteiger charge is -2.38. The predicted molar refractivity (Wildman–Crippen MR) is 136 cm³/mol. The number of aromatic amines is 2. The molecule has 0 saturated carbocycles. The van der Waals surface area contributed by atoms with E-state index < -0.39 is 6.04 Å². The fourth-order valence-electron chi connectivity index (χ4n) is 5.27. The molecule has 2 aromatic heterocycles. The van der Waals surface area contributed by atoms with Gasteiger partial charge in [-0.3, -0.25) is 14.4 Å². The molecule has 11 nitrogen and oxygen atoms in total. The summed E-state index contributed by atoms with van der Waals surface area (Å²) in [7, 11) is 0. The van der Waals surface area contributed by atoms with Crippen LogP contribution < -0.4 is 5.32 Å². The molecule has 37 heavy (non-hydrogen) atoms. The van der Waals surface area contributed by atoms with Crippen LogP contribution in [-0.2, 0) is 20.7 Å². The van der Waals surface area contributed by atoms with E-state index in [1.807, 2.05) is 28.0 Å². The van der Waals surface area contributed by atoms with E-state index in [2.05, 4.69) is 25.3 Å². The molecule has 196 valence electrons. The summed E-state index contributed by atoms with van der Waals surface area (Å²) in [6.07, 6.45) is 8.48. The van der Waals surface area contributed by atoms with Gasteiger partial charge in [0.2, 0.25) is 11.8 Å². The molecule has 5 rings (SSSR count). The van der Waals surface area contributed by atoms with Gasteiger partial charge >= 0.3 is 0 Å². The van der Waals surface area contributed by atoms with E-state index >= 15 is 0 Å². The molecule has 3 amide bonds. The number of benzene rings is 1. The number of hydrogen-bond acceptors (Lipinski definition) is 6. The van der Waals surface area contributed by atoms with E-state index in [0.717, 1.165) is 36.9 Å². The van der Waals surface area contributed by atoms with E-state index in [-0.39, 0.29) is 29.9 Å². The first-order valence-electron chi connectivity index (χ1n) is 12.9. The molecule has 1 atom stereocenters. The van der Waals surface area contributed by atoms with E-state index in [9.17, 15) is 14.4 Å². The van der Waals surface area contributed by atoms with E-state index in [4.69, 9.17) is 4.74 Å². The highest BCUT2D eigenvalue weighted by molar-refractivity contribution is 6.04. The van der Waals surface area contributed by atoms with Crippen molar-refractivity contribution in [3.05, 3.63) is 48.3 Å². The quantitative estimate of drug-likeness (QED) is 0.445. The van der Waals surface area contributed by atoms with Crippen LogP contribution in [0.3, 0.4) is 0 Å². The van der Waals surface area contributed by atoms with Crippen molar-refractivity contribution in [2.24, 2.45) is 0 Å². The number of nitrogens with zero attached hydrogens (tertiary/aromatic N) is 4. The van der Waals surface area contributed by atoms with Gasteiger partial charge < -0.3 is 29.8 Å². The van der Waals surface area contributed by atoms with Crippen molar-refractivity contribution in [2.45, 2.75) is 57.3 Å². The van der Waals surface area contributed by atoms with Crippen molar-refractivity contribution in [3.63, 3.8) is 0 Å². The lowest BCUT2D eigenvalue weighted by molar-refractivity contribution is -0.139. The van der Waals surface area contributed by atoms with Crippen LogP contribution in [0.2, 0.25) is 0 Å².